The first-order valence-corrected chi connectivity index (χ1v) is 18.3. The zero-order chi connectivity index (χ0) is 20.2. The molecule has 1 unspecified atom stereocenters. The fraction of sp³-hybridized carbons (Fsp3) is 0.792. The fourth-order valence-corrected chi connectivity index (χ4v) is 21.9. The summed E-state index contributed by atoms with van der Waals surface area (Å²) >= 11 is -1.75. The number of amides is 1. The molecule has 4 fully saturated rings. The summed E-state index contributed by atoms with van der Waals surface area (Å²) in [5, 5.41) is 0. The van der Waals surface area contributed by atoms with Crippen LogP contribution in [0.25, 0.3) is 0 Å². The fourth-order valence-electron chi connectivity index (χ4n) is 7.53. The Hall–Kier alpha value is 0.461. The number of allylic oxidation sites excluding steroid dienone is 4. The van der Waals surface area contributed by atoms with Crippen molar-refractivity contribution in [3.8, 4) is 0 Å². The molecule has 4 bridgehead atoms. The van der Waals surface area contributed by atoms with E-state index >= 15 is 0 Å². The van der Waals surface area contributed by atoms with Gasteiger partial charge in [-0.05, 0) is 0 Å². The van der Waals surface area contributed by atoms with Gasteiger partial charge in [0.15, 0.2) is 0 Å². The molecule has 0 spiro atoms. The first-order valence-electron chi connectivity index (χ1n) is 11.9. The van der Waals surface area contributed by atoms with Crippen LogP contribution in [0.1, 0.15) is 80.1 Å². The quantitative estimate of drug-likeness (QED) is 0.502. The summed E-state index contributed by atoms with van der Waals surface area (Å²) in [7, 11) is 0. The molecule has 1 amide bonds. The van der Waals surface area contributed by atoms with Crippen LogP contribution in [-0.4, -0.2) is 12.6 Å². The van der Waals surface area contributed by atoms with E-state index in [9.17, 15) is 4.79 Å². The van der Waals surface area contributed by atoms with Crippen molar-refractivity contribution in [2.75, 3.05) is 0 Å². The van der Waals surface area contributed by atoms with Crippen LogP contribution >= 0.6 is 0 Å². The maximum Gasteiger partial charge on any atom is -1.00 e. The van der Waals surface area contributed by atoms with Gasteiger partial charge in [0.2, 0.25) is 0 Å². The molecule has 4 saturated carbocycles. The average Bonchev–Trinajstić information content (AvgIpc) is 2.84. The molecule has 2 nitrogen and oxygen atoms in total. The molecular weight excluding hydrogens is 465 g/mol. The molecule has 30 heavy (non-hydrogen) atoms. The van der Waals surface area contributed by atoms with Crippen molar-refractivity contribution >= 4 is 12.6 Å². The van der Waals surface area contributed by atoms with E-state index in [2.05, 4.69) is 45.3 Å². The molecule has 5 aliphatic rings. The van der Waals surface area contributed by atoms with Crippen molar-refractivity contribution in [3.63, 3.8) is 0 Å². The van der Waals surface area contributed by atoms with Crippen molar-refractivity contribution in [1.29, 1.82) is 0 Å². The number of carbonyl (C=O) groups is 1. The molecule has 0 saturated heterocycles. The number of rotatable bonds is 6. The summed E-state index contributed by atoms with van der Waals surface area (Å²) in [5.41, 5.74) is 4.63. The summed E-state index contributed by atoms with van der Waals surface area (Å²) in [6.07, 6.45) is 7.85. The molecule has 5 rings (SSSR count). The minimum Gasteiger partial charge on any atom is -1.00 e. The minimum absolute atomic E-state index is 0. The van der Waals surface area contributed by atoms with E-state index in [0.29, 0.717) is 11.8 Å². The second kappa shape index (κ2) is 10.2. The van der Waals surface area contributed by atoms with Crippen LogP contribution in [0.4, 0.5) is 0 Å². The van der Waals surface area contributed by atoms with Crippen LogP contribution in [0.5, 0.6) is 0 Å². The van der Waals surface area contributed by atoms with E-state index in [0.717, 1.165) is 17.8 Å². The predicted octanol–water partition coefficient (Wildman–Crippen LogP) is -0.116. The van der Waals surface area contributed by atoms with Gasteiger partial charge in [0.05, 0.1) is 0 Å². The first kappa shape index (κ1) is 26.7. The van der Waals surface area contributed by atoms with Crippen molar-refractivity contribution in [3.05, 3.63) is 20.6 Å². The van der Waals surface area contributed by atoms with Crippen LogP contribution in [0, 0.1) is 29.1 Å². The number of halogens is 2. The van der Waals surface area contributed by atoms with Crippen LogP contribution in [-0.2, 0) is 22.2 Å². The van der Waals surface area contributed by atoms with E-state index in [4.69, 9.17) is 0 Å². The van der Waals surface area contributed by atoms with Crippen molar-refractivity contribution < 1.29 is 47.0 Å². The van der Waals surface area contributed by atoms with Crippen molar-refractivity contribution in [2.24, 2.45) is 29.1 Å². The molecular formula is C24H40Cl2NOSiTi. The van der Waals surface area contributed by atoms with Crippen molar-refractivity contribution in [2.45, 2.75) is 92.2 Å². The second-order valence-corrected chi connectivity index (χ2v) is 22.4. The molecule has 0 heterocycles. The van der Waals surface area contributed by atoms with Crippen molar-refractivity contribution in [1.82, 2.24) is 3.80 Å². The molecule has 0 aromatic carbocycles. The topological polar surface area (TPSA) is 29.1 Å². The Morgan fingerprint density at radius 1 is 0.967 bits per heavy atom. The third-order valence-corrected chi connectivity index (χ3v) is 24.4. The van der Waals surface area contributed by atoms with Crippen LogP contribution < -0.4 is 28.6 Å². The molecule has 0 aliphatic heterocycles. The molecule has 1 N–H and O–H groups in total. The van der Waals surface area contributed by atoms with Gasteiger partial charge < -0.3 is 24.8 Å². The SMILES string of the molecule is CC[SiH](CC)[Ti+2]([NH]C(=O)C12CC3CC(CC(C3)C1)C2)[C]1=C(C)C(C)=C(C)C1C.[Cl-].[Cl-]. The Morgan fingerprint density at radius 2 is 1.43 bits per heavy atom. The predicted molar refractivity (Wildman–Crippen MR) is 117 cm³/mol. The van der Waals surface area contributed by atoms with E-state index in [-0.39, 0.29) is 30.2 Å². The van der Waals surface area contributed by atoms with Gasteiger partial charge in [-0.3, -0.25) is 0 Å². The van der Waals surface area contributed by atoms with E-state index in [1.54, 1.807) is 15.0 Å². The maximum atomic E-state index is 13.9. The normalized spacial score (nSPS) is 34.2. The Bertz CT molecular complexity index is 695. The molecule has 0 radical (unpaired) electrons. The van der Waals surface area contributed by atoms with Gasteiger partial charge in [0, 0.05) is 0 Å². The van der Waals surface area contributed by atoms with Gasteiger partial charge in [-0.1, -0.05) is 0 Å². The average molecular weight is 505 g/mol. The number of nitrogens with one attached hydrogen (secondary N) is 1. The third kappa shape index (κ3) is 4.45. The summed E-state index contributed by atoms with van der Waals surface area (Å²) in [6, 6.07) is 2.68. The third-order valence-electron chi connectivity index (χ3n) is 9.09. The Balaban J connectivity index is 0.00000160. The zero-order valence-electron chi connectivity index (χ0n) is 19.7. The number of carbonyl (C=O) groups excluding carboxylic acids is 1. The van der Waals surface area contributed by atoms with E-state index in [1.165, 1.54) is 56.2 Å². The smallest absolute Gasteiger partial charge is 1.00 e. The molecule has 5 aliphatic carbocycles. The maximum absolute atomic E-state index is 13.9. The van der Waals surface area contributed by atoms with Gasteiger partial charge in [0.1, 0.15) is 0 Å². The molecule has 169 valence electrons. The molecule has 6 heteroatoms. The zero-order valence-corrected chi connectivity index (χ0v) is 23.9. The summed E-state index contributed by atoms with van der Waals surface area (Å²) < 4.78 is 5.65. The molecule has 1 atom stereocenters. The first-order chi connectivity index (χ1) is 13.3. The van der Waals surface area contributed by atoms with Gasteiger partial charge in [-0.15, -0.1) is 0 Å². The largest absolute Gasteiger partial charge is 1.00 e. The summed E-state index contributed by atoms with van der Waals surface area (Å²) in [5.74, 6) is 3.63. The van der Waals surface area contributed by atoms with E-state index in [1.807, 2.05) is 0 Å². The Kier molecular flexibility index (Phi) is 9.05. The van der Waals surface area contributed by atoms with Crippen LogP contribution in [0.15, 0.2) is 20.6 Å². The molecule has 0 aromatic rings. The minimum atomic E-state index is -1.75. The Labute approximate surface area is 204 Å². The number of hydrogen-bond donors (Lipinski definition) is 1. The summed E-state index contributed by atoms with van der Waals surface area (Å²) in [4.78, 5) is 13.9. The number of hydrogen-bond acceptors (Lipinski definition) is 1. The van der Waals surface area contributed by atoms with Crippen LogP contribution in [0.3, 0.4) is 0 Å². The van der Waals surface area contributed by atoms with Crippen LogP contribution in [0.2, 0.25) is 12.1 Å². The van der Waals surface area contributed by atoms with Gasteiger partial charge >= 0.3 is 180 Å². The Morgan fingerprint density at radius 3 is 1.80 bits per heavy atom. The van der Waals surface area contributed by atoms with Gasteiger partial charge in [-0.2, -0.15) is 0 Å². The van der Waals surface area contributed by atoms with E-state index < -0.39 is 24.0 Å². The van der Waals surface area contributed by atoms with Gasteiger partial charge in [0.25, 0.3) is 0 Å². The summed E-state index contributed by atoms with van der Waals surface area (Å²) in [6.45, 7) is 13.3. The van der Waals surface area contributed by atoms with Gasteiger partial charge in [-0.25, -0.2) is 0 Å². The molecule has 0 aromatic heterocycles. The standard InChI is InChI=1S/C11H17NO.C9H13.C4H11Si.2ClH.Ti/c12-10(13)11-4-7-1-8(5-11)3-9(2-7)6-11;1-6-5-7(2)9(4)8(6)3;1-3-5-4-2;;;/h7-9H,1-6H2,(H2,12,13);6H,1-4H3;5H,3-4H2,1-2H3;2*1H;/q;;;;;+3/p-3. The monoisotopic (exact) mass is 504 g/mol. The second-order valence-electron chi connectivity index (χ2n) is 10.6.